The molecule has 2 saturated heterocycles. The van der Waals surface area contributed by atoms with Crippen molar-refractivity contribution in [1.82, 2.24) is 0 Å². The van der Waals surface area contributed by atoms with Gasteiger partial charge in [0.05, 0.1) is 0 Å². The number of allylic oxidation sites excluding steroid dienone is 8. The maximum absolute atomic E-state index is 13.0. The van der Waals surface area contributed by atoms with Gasteiger partial charge < -0.3 is 48.1 Å². The van der Waals surface area contributed by atoms with Gasteiger partial charge in [0.25, 0.3) is 35.0 Å². The maximum atomic E-state index is 13.0. The standard InChI is InChI=1S/C46H52O16/c1-27-21-41(3,4)25-45(23-27)59-37(51)31(38(52)60-45)15-11-7-9-13-29-33(47)55-43(56-34(29)48)17-19-44(20-18-43)57-35(49)30(36(50)58-44)14-10-8-12-16-32-39(53)61-46(62-40(32)54)24-28(2)22-42(5,6)26-46/h7-16,27-28,47,53H,17-26H2,1-6H3/b10-8+,11-7+,13-9+,16-12+,30-14?,31-15?. The Morgan fingerprint density at radius 1 is 0.435 bits per heavy atom. The van der Waals surface area contributed by atoms with E-state index in [2.05, 4.69) is 13.8 Å². The third-order valence-corrected chi connectivity index (χ3v) is 11.9. The van der Waals surface area contributed by atoms with Crippen LogP contribution in [0.4, 0.5) is 0 Å². The monoisotopic (exact) mass is 860 g/mol. The summed E-state index contributed by atoms with van der Waals surface area (Å²) in [4.78, 5) is 77.5. The Morgan fingerprint density at radius 2 is 0.758 bits per heavy atom. The molecule has 62 heavy (non-hydrogen) atoms. The molecule has 0 aromatic rings. The fourth-order valence-corrected chi connectivity index (χ4v) is 10.1. The van der Waals surface area contributed by atoms with Crippen molar-refractivity contribution in [1.29, 1.82) is 0 Å². The smallest absolute Gasteiger partial charge is 0.348 e. The molecular weight excluding hydrogens is 808 g/mol. The average Bonchev–Trinajstić information content (AvgIpc) is 3.11. The first-order chi connectivity index (χ1) is 29.0. The Hall–Kier alpha value is -6.06. The van der Waals surface area contributed by atoms with Crippen LogP contribution < -0.4 is 0 Å². The molecule has 0 aromatic heterocycles. The van der Waals surface area contributed by atoms with Crippen LogP contribution in [-0.4, -0.2) is 69.2 Å². The lowest BCUT2D eigenvalue weighted by Crippen LogP contribution is -2.54. The Bertz CT molecular complexity index is 2160. The van der Waals surface area contributed by atoms with E-state index in [-0.39, 0.29) is 65.1 Å². The summed E-state index contributed by atoms with van der Waals surface area (Å²) in [5, 5.41) is 21.3. The van der Waals surface area contributed by atoms with Crippen molar-refractivity contribution >= 4 is 35.8 Å². The summed E-state index contributed by atoms with van der Waals surface area (Å²) in [5.74, 6) is -11.8. The minimum atomic E-state index is -1.66. The second-order valence-corrected chi connectivity index (χ2v) is 19.0. The first kappa shape index (κ1) is 44.0. The number of hydrogen-bond donors (Lipinski definition) is 2. The lowest BCUT2D eigenvalue weighted by atomic mass is 9.69. The SMILES string of the molecule is CC1CC(C)(C)CC2(C1)OC(=O)C(=C/C=C/C=C/C1=C(O)OC3(CCC4(CC3)OC(=O)C(=C/C=C/C=C/C3=C(O)OC5(CC(C)CC(C)(C)C5)OC3=O)C(=O)O4)OC1=O)C(=O)O2. The molecule has 0 aromatic carbocycles. The van der Waals surface area contributed by atoms with Gasteiger partial charge in [0.1, 0.15) is 22.3 Å². The van der Waals surface area contributed by atoms with Crippen molar-refractivity contribution in [3.63, 3.8) is 0 Å². The number of esters is 6. The summed E-state index contributed by atoms with van der Waals surface area (Å²) in [7, 11) is 0. The first-order valence-corrected chi connectivity index (χ1v) is 20.8. The van der Waals surface area contributed by atoms with Gasteiger partial charge in [-0.15, -0.1) is 0 Å². The third kappa shape index (κ3) is 9.24. The van der Waals surface area contributed by atoms with E-state index < -0.39 is 76.4 Å². The largest absolute Gasteiger partial charge is 0.480 e. The van der Waals surface area contributed by atoms with Gasteiger partial charge >= 0.3 is 35.8 Å². The Morgan fingerprint density at radius 3 is 1.15 bits per heavy atom. The molecule has 3 atom stereocenters. The molecule has 4 heterocycles. The second kappa shape index (κ2) is 16.0. The highest BCUT2D eigenvalue weighted by molar-refractivity contribution is 6.16. The van der Waals surface area contributed by atoms with E-state index >= 15 is 0 Å². The summed E-state index contributed by atoms with van der Waals surface area (Å²) >= 11 is 0. The van der Waals surface area contributed by atoms with E-state index in [1.165, 1.54) is 60.8 Å². The van der Waals surface area contributed by atoms with E-state index in [0.29, 0.717) is 25.7 Å². The molecule has 7 rings (SSSR count). The van der Waals surface area contributed by atoms with Gasteiger partial charge in [-0.05, 0) is 59.8 Å². The maximum Gasteiger partial charge on any atom is 0.348 e. The predicted octanol–water partition coefficient (Wildman–Crippen LogP) is 7.00. The van der Waals surface area contributed by atoms with Gasteiger partial charge in [-0.3, -0.25) is 0 Å². The minimum Gasteiger partial charge on any atom is -0.480 e. The van der Waals surface area contributed by atoms with Gasteiger partial charge in [-0.1, -0.05) is 78.0 Å². The number of ether oxygens (including phenoxy) is 8. The van der Waals surface area contributed by atoms with Crippen molar-refractivity contribution in [2.45, 2.75) is 129 Å². The molecule has 5 fully saturated rings. The third-order valence-electron chi connectivity index (χ3n) is 11.9. The normalized spacial score (nSPS) is 31.6. The van der Waals surface area contributed by atoms with Crippen molar-refractivity contribution < 1.29 is 76.9 Å². The summed E-state index contributed by atoms with van der Waals surface area (Å²) in [6, 6.07) is 0. The Kier molecular flexibility index (Phi) is 11.4. The van der Waals surface area contributed by atoms with Gasteiger partial charge in [0.2, 0.25) is 0 Å². The van der Waals surface area contributed by atoms with Crippen LogP contribution in [-0.2, 0) is 66.7 Å². The molecule has 16 heteroatoms. The first-order valence-electron chi connectivity index (χ1n) is 20.8. The van der Waals surface area contributed by atoms with Crippen LogP contribution in [0.2, 0.25) is 0 Å². The lowest BCUT2D eigenvalue weighted by Gasteiger charge is -2.47. The van der Waals surface area contributed by atoms with Crippen molar-refractivity contribution in [2.24, 2.45) is 22.7 Å². The van der Waals surface area contributed by atoms with Gasteiger partial charge in [0, 0.05) is 51.4 Å². The minimum absolute atomic E-state index is 0.103. The predicted molar refractivity (Wildman–Crippen MR) is 214 cm³/mol. The molecule has 16 nitrogen and oxygen atoms in total. The zero-order chi connectivity index (χ0) is 44.9. The van der Waals surface area contributed by atoms with Crippen LogP contribution in [0, 0.1) is 22.7 Å². The summed E-state index contributed by atoms with van der Waals surface area (Å²) in [6.45, 7) is 12.2. The molecule has 3 aliphatic carbocycles. The van der Waals surface area contributed by atoms with Crippen LogP contribution in [0.25, 0.3) is 0 Å². The van der Waals surface area contributed by atoms with Crippen molar-refractivity contribution in [3.05, 3.63) is 94.9 Å². The molecular formula is C46H52O16. The summed E-state index contributed by atoms with van der Waals surface area (Å²) < 4.78 is 45.1. The highest BCUT2D eigenvalue weighted by Gasteiger charge is 2.57. The number of hydrogen-bond acceptors (Lipinski definition) is 16. The number of carbonyl (C=O) groups is 6. The molecule has 7 aliphatic rings. The molecule has 3 saturated carbocycles. The number of carbonyl (C=O) groups excluding carboxylic acids is 6. The zero-order valence-electron chi connectivity index (χ0n) is 35.6. The van der Waals surface area contributed by atoms with Crippen LogP contribution in [0.5, 0.6) is 0 Å². The second-order valence-electron chi connectivity index (χ2n) is 19.0. The average molecular weight is 861 g/mol. The van der Waals surface area contributed by atoms with E-state index in [0.717, 1.165) is 12.8 Å². The molecule has 4 spiro atoms. The fourth-order valence-electron chi connectivity index (χ4n) is 10.1. The Balaban J connectivity index is 0.906. The molecule has 0 radical (unpaired) electrons. The van der Waals surface area contributed by atoms with Crippen LogP contribution in [0.15, 0.2) is 94.9 Å². The van der Waals surface area contributed by atoms with Gasteiger partial charge in [-0.25, -0.2) is 28.8 Å². The number of rotatable bonds is 6. The van der Waals surface area contributed by atoms with Crippen LogP contribution >= 0.6 is 0 Å². The van der Waals surface area contributed by atoms with E-state index in [4.69, 9.17) is 37.9 Å². The highest BCUT2D eigenvalue weighted by Crippen LogP contribution is 2.50. The molecule has 0 bridgehead atoms. The van der Waals surface area contributed by atoms with E-state index in [1.807, 2.05) is 27.7 Å². The van der Waals surface area contributed by atoms with Crippen molar-refractivity contribution in [3.8, 4) is 0 Å². The Labute approximate surface area is 358 Å². The van der Waals surface area contributed by atoms with Crippen LogP contribution in [0.3, 0.4) is 0 Å². The number of aliphatic hydroxyl groups excluding tert-OH is 2. The van der Waals surface area contributed by atoms with Gasteiger partial charge in [0.15, 0.2) is 0 Å². The quantitative estimate of drug-likeness (QED) is 0.0903. The molecule has 332 valence electrons. The molecule has 2 N–H and O–H groups in total. The summed E-state index contributed by atoms with van der Waals surface area (Å²) in [6.07, 6.45) is 16.3. The topological polar surface area (TPSA) is 217 Å². The molecule has 4 aliphatic heterocycles. The fraction of sp³-hybridized carbons (Fsp3) is 0.522. The highest BCUT2D eigenvalue weighted by atomic mass is 16.8. The van der Waals surface area contributed by atoms with Crippen LogP contribution in [0.1, 0.15) is 106 Å². The van der Waals surface area contributed by atoms with Crippen molar-refractivity contribution in [2.75, 3.05) is 0 Å². The van der Waals surface area contributed by atoms with E-state index in [9.17, 15) is 39.0 Å². The number of aliphatic hydroxyl groups is 2. The lowest BCUT2D eigenvalue weighted by molar-refractivity contribution is -0.297. The van der Waals surface area contributed by atoms with E-state index in [1.54, 1.807) is 0 Å². The summed E-state index contributed by atoms with van der Waals surface area (Å²) in [5.41, 5.74) is -1.50. The van der Waals surface area contributed by atoms with Gasteiger partial charge in [-0.2, -0.15) is 0 Å². The zero-order valence-corrected chi connectivity index (χ0v) is 35.6. The molecule has 0 amide bonds. The molecule has 3 unspecified atom stereocenters.